The van der Waals surface area contributed by atoms with Crippen LogP contribution in [0.4, 0.5) is 20.2 Å². The summed E-state index contributed by atoms with van der Waals surface area (Å²) in [4.78, 5) is 21.4. The monoisotopic (exact) mass is 379 g/mol. The van der Waals surface area contributed by atoms with Gasteiger partial charge in [0.2, 0.25) is 15.7 Å². The largest absolute Gasteiger partial charge is 0.368 e. The van der Waals surface area contributed by atoms with E-state index in [0.29, 0.717) is 6.07 Å². The zero-order valence-corrected chi connectivity index (χ0v) is 14.9. The van der Waals surface area contributed by atoms with E-state index in [9.17, 15) is 32.1 Å². The highest BCUT2D eigenvalue weighted by Crippen LogP contribution is 2.30. The van der Waals surface area contributed by atoms with Gasteiger partial charge in [-0.15, -0.1) is 0 Å². The van der Waals surface area contributed by atoms with E-state index in [0.717, 1.165) is 12.1 Å². The number of nitro groups is 1. The Labute approximate surface area is 143 Å². The third kappa shape index (κ3) is 5.34. The van der Waals surface area contributed by atoms with Gasteiger partial charge in [-0.05, 0) is 39.8 Å². The van der Waals surface area contributed by atoms with Crippen LogP contribution in [0, 0.1) is 10.1 Å². The van der Waals surface area contributed by atoms with Crippen molar-refractivity contribution in [3.05, 3.63) is 28.3 Å². The van der Waals surface area contributed by atoms with E-state index in [2.05, 4.69) is 10.6 Å². The predicted octanol–water partition coefficient (Wildman–Crippen LogP) is 2.31. The maximum Gasteiger partial charge on any atom is 0.341 e. The molecule has 8 nitrogen and oxygen atoms in total. The van der Waals surface area contributed by atoms with Crippen LogP contribution in [-0.2, 0) is 14.6 Å². The molecule has 0 heterocycles. The third-order valence-electron chi connectivity index (χ3n) is 2.99. The highest BCUT2D eigenvalue weighted by molar-refractivity contribution is 7.91. The fourth-order valence-electron chi connectivity index (χ4n) is 1.84. The molecule has 0 radical (unpaired) electrons. The number of carbonyl (C=O) groups excluding carboxylic acids is 1. The molecule has 0 aliphatic heterocycles. The van der Waals surface area contributed by atoms with E-state index in [4.69, 9.17) is 0 Å². The maximum absolute atomic E-state index is 12.6. The van der Waals surface area contributed by atoms with Crippen LogP contribution in [0.15, 0.2) is 23.1 Å². The van der Waals surface area contributed by atoms with Crippen LogP contribution in [0.3, 0.4) is 0 Å². The Kier molecular flexibility index (Phi) is 6.05. The van der Waals surface area contributed by atoms with Gasteiger partial charge in [-0.3, -0.25) is 14.9 Å². The van der Waals surface area contributed by atoms with Gasteiger partial charge in [0.05, 0.1) is 9.82 Å². The van der Waals surface area contributed by atoms with Gasteiger partial charge in [-0.2, -0.15) is 8.78 Å². The van der Waals surface area contributed by atoms with E-state index in [1.807, 2.05) is 0 Å². The number of amides is 1. The van der Waals surface area contributed by atoms with Crippen LogP contribution < -0.4 is 10.6 Å². The summed E-state index contributed by atoms with van der Waals surface area (Å²) in [7, 11) is -4.96. The summed E-state index contributed by atoms with van der Waals surface area (Å²) in [6.45, 7) is 6.72. The number of anilines is 1. The van der Waals surface area contributed by atoms with E-state index in [1.54, 1.807) is 20.8 Å². The molecule has 25 heavy (non-hydrogen) atoms. The van der Waals surface area contributed by atoms with E-state index in [1.165, 1.54) is 6.92 Å². The summed E-state index contributed by atoms with van der Waals surface area (Å²) in [5.74, 6) is -4.13. The molecule has 0 saturated heterocycles. The van der Waals surface area contributed by atoms with Gasteiger partial charge >= 0.3 is 5.76 Å². The van der Waals surface area contributed by atoms with Crippen molar-refractivity contribution in [1.29, 1.82) is 0 Å². The van der Waals surface area contributed by atoms with Gasteiger partial charge in [-0.1, -0.05) is 0 Å². The SMILES string of the molecule is CC(Nc1ccc(S(=O)(=O)C(F)F)cc1[N+](=O)[O-])C(=O)NC(C)(C)C. The van der Waals surface area contributed by atoms with E-state index < -0.39 is 48.6 Å². The Morgan fingerprint density at radius 1 is 1.28 bits per heavy atom. The molecule has 0 saturated carbocycles. The number of carbonyl (C=O) groups is 1. The van der Waals surface area contributed by atoms with E-state index in [-0.39, 0.29) is 5.69 Å². The summed E-state index contributed by atoms with van der Waals surface area (Å²) in [5, 5.41) is 16.4. The van der Waals surface area contributed by atoms with Crippen LogP contribution in [0.25, 0.3) is 0 Å². The zero-order valence-electron chi connectivity index (χ0n) is 14.0. The number of hydrogen-bond donors (Lipinski definition) is 2. The molecule has 1 atom stereocenters. The van der Waals surface area contributed by atoms with Gasteiger partial charge in [0.15, 0.2) is 0 Å². The number of nitrogens with one attached hydrogen (secondary N) is 2. The lowest BCUT2D eigenvalue weighted by Gasteiger charge is -2.24. The van der Waals surface area contributed by atoms with Crippen molar-refractivity contribution in [1.82, 2.24) is 5.32 Å². The summed E-state index contributed by atoms with van der Waals surface area (Å²) in [5.41, 5.74) is -1.40. The molecule has 140 valence electrons. The fraction of sp³-hybridized carbons (Fsp3) is 0.500. The number of nitro benzene ring substituents is 1. The summed E-state index contributed by atoms with van der Waals surface area (Å²) in [6.07, 6.45) is 0. The standard InChI is InChI=1S/C14H19F2N3O5S/c1-8(12(20)18-14(2,3)4)17-10-6-5-9(7-11(10)19(21)22)25(23,24)13(15)16/h5-8,13,17H,1-4H3,(H,18,20). The van der Waals surface area contributed by atoms with Crippen LogP contribution in [-0.4, -0.2) is 36.6 Å². The van der Waals surface area contributed by atoms with Gasteiger partial charge in [-0.25, -0.2) is 8.42 Å². The quantitative estimate of drug-likeness (QED) is 0.578. The lowest BCUT2D eigenvalue weighted by Crippen LogP contribution is -2.47. The lowest BCUT2D eigenvalue weighted by molar-refractivity contribution is -0.384. The third-order valence-corrected chi connectivity index (χ3v) is 4.37. The number of sulfone groups is 1. The van der Waals surface area contributed by atoms with Crippen LogP contribution in [0.2, 0.25) is 0 Å². The number of benzene rings is 1. The van der Waals surface area contributed by atoms with Crippen molar-refractivity contribution in [3.8, 4) is 0 Å². The number of rotatable bonds is 6. The summed E-state index contributed by atoms with van der Waals surface area (Å²) >= 11 is 0. The van der Waals surface area contributed by atoms with Crippen LogP contribution >= 0.6 is 0 Å². The normalized spacial score (nSPS) is 13.4. The smallest absolute Gasteiger partial charge is 0.341 e. The van der Waals surface area contributed by atoms with Crippen molar-refractivity contribution in [3.63, 3.8) is 0 Å². The van der Waals surface area contributed by atoms with E-state index >= 15 is 0 Å². The molecule has 0 fully saturated rings. The number of nitrogens with zero attached hydrogens (tertiary/aromatic N) is 1. The summed E-state index contributed by atoms with van der Waals surface area (Å²) in [6, 6.07) is 1.47. The minimum Gasteiger partial charge on any atom is -0.368 e. The Morgan fingerprint density at radius 3 is 2.28 bits per heavy atom. The molecule has 1 aromatic rings. The van der Waals surface area contributed by atoms with Crippen LogP contribution in [0.5, 0.6) is 0 Å². The number of alkyl halides is 2. The summed E-state index contributed by atoms with van der Waals surface area (Å²) < 4.78 is 48.1. The fourth-order valence-corrected chi connectivity index (χ4v) is 2.58. The topological polar surface area (TPSA) is 118 Å². The second kappa shape index (κ2) is 7.30. The first-order valence-corrected chi connectivity index (χ1v) is 8.69. The second-order valence-electron chi connectivity index (χ2n) is 6.35. The molecular weight excluding hydrogens is 360 g/mol. The first kappa shape index (κ1) is 20.7. The molecule has 0 aromatic heterocycles. The minimum atomic E-state index is -4.96. The van der Waals surface area contributed by atoms with Gasteiger partial charge in [0.1, 0.15) is 11.7 Å². The van der Waals surface area contributed by atoms with Crippen molar-refractivity contribution >= 4 is 27.1 Å². The molecule has 0 spiro atoms. The first-order valence-electron chi connectivity index (χ1n) is 7.15. The van der Waals surface area contributed by atoms with Crippen LogP contribution in [0.1, 0.15) is 27.7 Å². The Hall–Kier alpha value is -2.30. The molecule has 11 heteroatoms. The average molecular weight is 379 g/mol. The molecule has 1 rings (SSSR count). The molecule has 1 unspecified atom stereocenters. The predicted molar refractivity (Wildman–Crippen MR) is 87.3 cm³/mol. The maximum atomic E-state index is 12.6. The Balaban J connectivity index is 3.17. The Bertz CT molecular complexity index is 775. The molecule has 1 amide bonds. The Morgan fingerprint density at radius 2 is 1.84 bits per heavy atom. The lowest BCUT2D eigenvalue weighted by atomic mass is 10.1. The molecule has 0 aliphatic rings. The highest BCUT2D eigenvalue weighted by atomic mass is 32.2. The molecular formula is C14H19F2N3O5S. The molecule has 2 N–H and O–H groups in total. The minimum absolute atomic E-state index is 0.158. The molecule has 0 bridgehead atoms. The van der Waals surface area contributed by atoms with Crippen molar-refractivity contribution in [2.45, 2.75) is 49.9 Å². The highest BCUT2D eigenvalue weighted by Gasteiger charge is 2.30. The van der Waals surface area contributed by atoms with Gasteiger partial charge in [0.25, 0.3) is 5.69 Å². The van der Waals surface area contributed by atoms with Crippen molar-refractivity contribution < 1.29 is 26.9 Å². The number of halogens is 2. The van der Waals surface area contributed by atoms with Gasteiger partial charge in [0, 0.05) is 11.6 Å². The number of hydrogen-bond acceptors (Lipinski definition) is 6. The first-order chi connectivity index (χ1) is 11.3. The molecule has 1 aromatic carbocycles. The van der Waals surface area contributed by atoms with Crippen molar-refractivity contribution in [2.75, 3.05) is 5.32 Å². The average Bonchev–Trinajstić information content (AvgIpc) is 2.45. The van der Waals surface area contributed by atoms with Gasteiger partial charge < -0.3 is 10.6 Å². The van der Waals surface area contributed by atoms with Crippen molar-refractivity contribution in [2.24, 2.45) is 0 Å². The molecule has 0 aliphatic carbocycles. The second-order valence-corrected chi connectivity index (χ2v) is 8.26. The zero-order chi connectivity index (χ0) is 19.6.